The molecule has 280 valence electrons. The number of rotatable bonds is 10. The average Bonchev–Trinajstić information content (AvgIpc) is 3.24. The Morgan fingerprint density at radius 1 is 0.351 bits per heavy atom. The minimum Gasteiger partial charge on any atom is -0.310 e. The van der Waals surface area contributed by atoms with Crippen LogP contribution in [0.5, 0.6) is 0 Å². The van der Waals surface area contributed by atoms with E-state index < -0.39 is 16.1 Å². The van der Waals surface area contributed by atoms with Crippen molar-refractivity contribution in [3.8, 4) is 55.9 Å². The van der Waals surface area contributed by atoms with Crippen LogP contribution in [0.15, 0.2) is 188 Å². The first kappa shape index (κ1) is 37.8. The number of anilines is 3. The van der Waals surface area contributed by atoms with Crippen LogP contribution in [0.2, 0.25) is 39.3 Å². The van der Waals surface area contributed by atoms with Crippen LogP contribution in [0.1, 0.15) is 0 Å². The zero-order valence-corrected chi connectivity index (χ0v) is 35.7. The van der Waals surface area contributed by atoms with Gasteiger partial charge in [-0.25, -0.2) is 0 Å². The highest BCUT2D eigenvalue weighted by molar-refractivity contribution is 6.89. The van der Waals surface area contributed by atoms with Crippen molar-refractivity contribution in [1.29, 1.82) is 0 Å². The second-order valence-corrected chi connectivity index (χ2v) is 27.0. The maximum atomic E-state index is 5.10. The number of pyridine rings is 2. The average molecular weight is 772 g/mol. The Labute approximate surface area is 340 Å². The molecule has 57 heavy (non-hydrogen) atoms. The van der Waals surface area contributed by atoms with E-state index in [0.29, 0.717) is 0 Å². The zero-order chi connectivity index (χ0) is 39.6. The molecular weight excluding hydrogens is 723 g/mol. The fourth-order valence-electron chi connectivity index (χ4n) is 7.35. The molecular formula is C52H49N3Si2. The quantitative estimate of drug-likeness (QED) is 0.130. The van der Waals surface area contributed by atoms with Crippen LogP contribution >= 0.6 is 0 Å². The first-order chi connectivity index (χ1) is 27.5. The molecule has 2 heterocycles. The molecule has 8 aromatic rings. The summed E-state index contributed by atoms with van der Waals surface area (Å²) in [6.45, 7) is 14.2. The third-order valence-electron chi connectivity index (χ3n) is 10.6. The Kier molecular flexibility index (Phi) is 10.4. The fourth-order valence-corrected chi connectivity index (χ4v) is 9.42. The van der Waals surface area contributed by atoms with Crippen LogP contribution < -0.4 is 15.3 Å². The van der Waals surface area contributed by atoms with Gasteiger partial charge in [0.2, 0.25) is 0 Å². The molecule has 5 heteroatoms. The number of hydrogen-bond donors (Lipinski definition) is 0. The number of benzene rings is 6. The van der Waals surface area contributed by atoms with Crippen LogP contribution in [-0.4, -0.2) is 26.1 Å². The fraction of sp³-hybridized carbons (Fsp3) is 0.115. The smallest absolute Gasteiger partial charge is 0.0796 e. The normalized spacial score (nSPS) is 11.7. The Balaban J connectivity index is 1.41. The molecule has 0 N–H and O–H groups in total. The lowest BCUT2D eigenvalue weighted by atomic mass is 9.96. The van der Waals surface area contributed by atoms with Crippen molar-refractivity contribution >= 4 is 43.6 Å². The summed E-state index contributed by atoms with van der Waals surface area (Å²) in [5.74, 6) is 0. The van der Waals surface area contributed by atoms with Crippen molar-refractivity contribution in [2.75, 3.05) is 4.90 Å². The maximum absolute atomic E-state index is 5.10. The topological polar surface area (TPSA) is 29.0 Å². The van der Waals surface area contributed by atoms with Crippen LogP contribution in [-0.2, 0) is 0 Å². The lowest BCUT2D eigenvalue weighted by Crippen LogP contribution is -2.37. The molecule has 0 saturated carbocycles. The second kappa shape index (κ2) is 15.8. The van der Waals surface area contributed by atoms with E-state index in [-0.39, 0.29) is 0 Å². The van der Waals surface area contributed by atoms with Gasteiger partial charge in [-0.15, -0.1) is 0 Å². The molecule has 0 atom stereocenters. The van der Waals surface area contributed by atoms with Gasteiger partial charge < -0.3 is 4.90 Å². The molecule has 0 bridgehead atoms. The molecule has 0 fully saturated rings. The van der Waals surface area contributed by atoms with E-state index in [1.165, 1.54) is 10.4 Å². The van der Waals surface area contributed by atoms with Gasteiger partial charge in [0.05, 0.1) is 33.2 Å². The molecule has 6 aromatic carbocycles. The van der Waals surface area contributed by atoms with Gasteiger partial charge in [-0.1, -0.05) is 161 Å². The molecule has 0 aliphatic carbocycles. The van der Waals surface area contributed by atoms with Crippen LogP contribution in [0.3, 0.4) is 0 Å². The molecule has 8 rings (SSSR count). The summed E-state index contributed by atoms with van der Waals surface area (Å²) in [7, 11) is -3.06. The van der Waals surface area contributed by atoms with Gasteiger partial charge in [-0.3, -0.25) is 9.97 Å². The third kappa shape index (κ3) is 8.36. The van der Waals surface area contributed by atoms with Crippen molar-refractivity contribution < 1.29 is 0 Å². The summed E-state index contributed by atoms with van der Waals surface area (Å²) in [5.41, 5.74) is 14.1. The summed E-state index contributed by atoms with van der Waals surface area (Å²) < 4.78 is 0. The molecule has 0 radical (unpaired) electrons. The van der Waals surface area contributed by atoms with Gasteiger partial charge in [-0.2, -0.15) is 0 Å². The first-order valence-corrected chi connectivity index (χ1v) is 26.8. The summed E-state index contributed by atoms with van der Waals surface area (Å²) in [6, 6.07) is 63.6. The minimum atomic E-state index is -1.53. The van der Waals surface area contributed by atoms with E-state index in [1.54, 1.807) is 0 Å². The standard InChI is InChI=1S/C52H49N3Si2/c1-56(2,3)47-26-28-50(53-36-47)43-30-41(38-18-10-7-11-19-38)32-45(34-43)55(52-25-17-16-24-49(52)40-22-14-9-15-23-40)46-33-42(39-20-12-8-13-21-39)31-44(35-46)51-29-27-48(37-54-51)57(4,5)6/h7-37H,1-6H3. The summed E-state index contributed by atoms with van der Waals surface area (Å²) in [4.78, 5) is 12.6. The van der Waals surface area contributed by atoms with E-state index in [4.69, 9.17) is 9.97 Å². The van der Waals surface area contributed by atoms with E-state index in [9.17, 15) is 0 Å². The third-order valence-corrected chi connectivity index (χ3v) is 14.7. The molecule has 3 nitrogen and oxygen atoms in total. The molecule has 0 unspecified atom stereocenters. The predicted molar refractivity (Wildman–Crippen MR) is 250 cm³/mol. The van der Waals surface area contributed by atoms with E-state index in [1.807, 2.05) is 0 Å². The highest BCUT2D eigenvalue weighted by Gasteiger charge is 2.23. The van der Waals surface area contributed by atoms with Crippen molar-refractivity contribution in [1.82, 2.24) is 9.97 Å². The SMILES string of the molecule is C[Si](C)(C)c1ccc(-c2cc(-c3ccccc3)cc(N(c3cc(-c4ccccc4)cc(-c4ccc([Si](C)(C)C)cn4)c3)c3ccccc3-c3ccccc3)c2)nc1. The minimum absolute atomic E-state index is 0.956. The van der Waals surface area contributed by atoms with Crippen LogP contribution in [0, 0.1) is 0 Å². The van der Waals surface area contributed by atoms with Gasteiger partial charge in [0.15, 0.2) is 0 Å². The zero-order valence-electron chi connectivity index (χ0n) is 33.7. The highest BCUT2D eigenvalue weighted by atomic mass is 28.3. The molecule has 0 aliphatic heterocycles. The maximum Gasteiger partial charge on any atom is 0.0796 e. The number of nitrogens with zero attached hydrogens (tertiary/aromatic N) is 3. The molecule has 0 saturated heterocycles. The van der Waals surface area contributed by atoms with Crippen LogP contribution in [0.4, 0.5) is 17.1 Å². The summed E-state index contributed by atoms with van der Waals surface area (Å²) >= 11 is 0. The Bertz CT molecular complexity index is 2470. The molecule has 0 spiro atoms. The van der Waals surface area contributed by atoms with Gasteiger partial charge in [0, 0.05) is 40.5 Å². The predicted octanol–water partition coefficient (Wildman–Crippen LogP) is 13.4. The van der Waals surface area contributed by atoms with Gasteiger partial charge >= 0.3 is 0 Å². The number of aromatic nitrogens is 2. The van der Waals surface area contributed by atoms with E-state index in [2.05, 4.69) is 233 Å². The van der Waals surface area contributed by atoms with Gasteiger partial charge in [-0.05, 0) is 92.8 Å². The Morgan fingerprint density at radius 3 is 1.14 bits per heavy atom. The summed E-state index contributed by atoms with van der Waals surface area (Å²) in [5, 5.41) is 2.70. The Morgan fingerprint density at radius 2 is 0.737 bits per heavy atom. The van der Waals surface area contributed by atoms with E-state index in [0.717, 1.165) is 73.0 Å². The lowest BCUT2D eigenvalue weighted by Gasteiger charge is -2.30. The van der Waals surface area contributed by atoms with Crippen molar-refractivity contribution in [3.63, 3.8) is 0 Å². The van der Waals surface area contributed by atoms with Crippen LogP contribution in [0.25, 0.3) is 55.9 Å². The molecule has 0 aliphatic rings. The van der Waals surface area contributed by atoms with Crippen molar-refractivity contribution in [2.45, 2.75) is 39.3 Å². The van der Waals surface area contributed by atoms with E-state index >= 15 is 0 Å². The molecule has 2 aromatic heterocycles. The monoisotopic (exact) mass is 771 g/mol. The first-order valence-electron chi connectivity index (χ1n) is 19.8. The van der Waals surface area contributed by atoms with Gasteiger partial charge in [0.25, 0.3) is 0 Å². The number of hydrogen-bond acceptors (Lipinski definition) is 3. The second-order valence-electron chi connectivity index (χ2n) is 16.9. The highest BCUT2D eigenvalue weighted by Crippen LogP contribution is 2.45. The number of para-hydroxylation sites is 1. The largest absolute Gasteiger partial charge is 0.310 e. The van der Waals surface area contributed by atoms with Crippen molar-refractivity contribution in [2.24, 2.45) is 0 Å². The van der Waals surface area contributed by atoms with Crippen molar-refractivity contribution in [3.05, 3.63) is 188 Å². The summed E-state index contributed by atoms with van der Waals surface area (Å²) in [6.07, 6.45) is 4.18. The molecule has 0 amide bonds. The lowest BCUT2D eigenvalue weighted by molar-refractivity contribution is 1.27. The Hall–Kier alpha value is -6.15. The van der Waals surface area contributed by atoms with Gasteiger partial charge in [0.1, 0.15) is 0 Å².